The van der Waals surface area contributed by atoms with Gasteiger partial charge in [0.25, 0.3) is 5.91 Å². The number of methoxy groups -OCH3 is 1. The largest absolute Gasteiger partial charge is 0.497 e. The van der Waals surface area contributed by atoms with Crippen molar-refractivity contribution in [2.24, 2.45) is 5.92 Å². The van der Waals surface area contributed by atoms with Gasteiger partial charge in [0.1, 0.15) is 23.9 Å². The number of halogens is 1. The third-order valence-electron chi connectivity index (χ3n) is 7.54. The lowest BCUT2D eigenvalue weighted by molar-refractivity contribution is -0.118. The van der Waals surface area contributed by atoms with E-state index in [2.05, 4.69) is 34.5 Å². The number of hydrogen-bond donors (Lipinski definition) is 1. The van der Waals surface area contributed by atoms with Crippen molar-refractivity contribution in [1.82, 2.24) is 10.2 Å². The third-order valence-corrected chi connectivity index (χ3v) is 7.54. The smallest absolute Gasteiger partial charge is 0.250 e. The van der Waals surface area contributed by atoms with Crippen LogP contribution in [0.3, 0.4) is 0 Å². The van der Waals surface area contributed by atoms with E-state index in [1.54, 1.807) is 19.3 Å². The van der Waals surface area contributed by atoms with E-state index in [1.807, 2.05) is 0 Å². The predicted molar refractivity (Wildman–Crippen MR) is 131 cm³/mol. The summed E-state index contributed by atoms with van der Waals surface area (Å²) in [5, 5.41) is 3.19. The van der Waals surface area contributed by atoms with Gasteiger partial charge in [0.2, 0.25) is 0 Å². The number of nitrogens with zero attached hydrogens (tertiary/aromatic N) is 1. The van der Waals surface area contributed by atoms with Gasteiger partial charge >= 0.3 is 0 Å². The summed E-state index contributed by atoms with van der Waals surface area (Å²) in [4.78, 5) is 15.4. The summed E-state index contributed by atoms with van der Waals surface area (Å²) in [5.41, 5.74) is 2.59. The summed E-state index contributed by atoms with van der Waals surface area (Å²) in [6.07, 6.45) is 7.30. The molecule has 1 N–H and O–H groups in total. The Morgan fingerprint density at radius 2 is 1.91 bits per heavy atom. The molecular formula is C28H33FN2O3. The third kappa shape index (κ3) is 5.27. The van der Waals surface area contributed by atoms with Crippen LogP contribution in [0.1, 0.15) is 49.1 Å². The molecule has 5 nitrogen and oxygen atoms in total. The molecule has 3 aliphatic rings. The summed E-state index contributed by atoms with van der Waals surface area (Å²) in [7, 11) is 1.70. The number of ether oxygens (including phenoxy) is 2. The lowest BCUT2D eigenvalue weighted by atomic mass is 9.89. The highest BCUT2D eigenvalue weighted by Gasteiger charge is 2.30. The molecule has 34 heavy (non-hydrogen) atoms. The molecule has 2 aromatic carbocycles. The van der Waals surface area contributed by atoms with Crippen molar-refractivity contribution in [3.05, 3.63) is 65.0 Å². The van der Waals surface area contributed by atoms with E-state index in [4.69, 9.17) is 9.47 Å². The highest BCUT2D eigenvalue weighted by Crippen LogP contribution is 2.32. The highest BCUT2D eigenvalue weighted by molar-refractivity contribution is 5.99. The van der Waals surface area contributed by atoms with Crippen molar-refractivity contribution in [2.75, 3.05) is 33.4 Å². The lowest BCUT2D eigenvalue weighted by Gasteiger charge is -2.33. The van der Waals surface area contributed by atoms with Crippen LogP contribution in [0.5, 0.6) is 11.5 Å². The minimum atomic E-state index is -0.327. The number of piperidine rings is 1. The fourth-order valence-corrected chi connectivity index (χ4v) is 5.62. The van der Waals surface area contributed by atoms with Crippen LogP contribution in [0, 0.1) is 11.7 Å². The summed E-state index contributed by atoms with van der Waals surface area (Å²) in [6, 6.07) is 13.1. The average molecular weight is 465 g/mol. The van der Waals surface area contributed by atoms with Crippen LogP contribution >= 0.6 is 0 Å². The second-order valence-electron chi connectivity index (χ2n) is 9.84. The molecule has 2 aromatic rings. The fraction of sp³-hybridized carbons (Fsp3) is 0.464. The second-order valence-corrected chi connectivity index (χ2v) is 9.84. The summed E-state index contributed by atoms with van der Waals surface area (Å²) >= 11 is 0. The topological polar surface area (TPSA) is 50.8 Å². The van der Waals surface area contributed by atoms with Crippen LogP contribution < -0.4 is 14.8 Å². The van der Waals surface area contributed by atoms with Crippen LogP contribution in [0.4, 0.5) is 4.39 Å². The number of rotatable bonds is 6. The molecule has 0 bridgehead atoms. The van der Waals surface area contributed by atoms with Crippen LogP contribution in [0.2, 0.25) is 0 Å². The average Bonchev–Trinajstić information content (AvgIpc) is 3.30. The first kappa shape index (κ1) is 22.9. The first-order valence-electron chi connectivity index (χ1n) is 12.4. The monoisotopic (exact) mass is 464 g/mol. The maximum Gasteiger partial charge on any atom is 0.250 e. The maximum atomic E-state index is 13.5. The number of nitrogens with one attached hydrogen (secondary N) is 1. The minimum absolute atomic E-state index is 0.0964. The molecule has 2 fully saturated rings. The Morgan fingerprint density at radius 3 is 2.68 bits per heavy atom. The van der Waals surface area contributed by atoms with Crippen LogP contribution in [0.15, 0.2) is 48.0 Å². The van der Waals surface area contributed by atoms with E-state index in [0.717, 1.165) is 44.6 Å². The number of fused-ring (bicyclic) bond motifs is 1. The van der Waals surface area contributed by atoms with Crippen LogP contribution in [-0.4, -0.2) is 50.2 Å². The normalized spacial score (nSPS) is 23.1. The van der Waals surface area contributed by atoms with Crippen molar-refractivity contribution in [1.29, 1.82) is 0 Å². The summed E-state index contributed by atoms with van der Waals surface area (Å²) in [5.74, 6) is 2.36. The molecule has 180 valence electrons. The number of amides is 1. The molecule has 0 unspecified atom stereocenters. The minimum Gasteiger partial charge on any atom is -0.497 e. The zero-order valence-corrected chi connectivity index (χ0v) is 19.8. The Labute approximate surface area is 200 Å². The molecule has 1 saturated heterocycles. The van der Waals surface area contributed by atoms with Crippen molar-refractivity contribution in [3.8, 4) is 11.5 Å². The Hall–Kier alpha value is -2.86. The molecular weight excluding hydrogens is 431 g/mol. The van der Waals surface area contributed by atoms with Gasteiger partial charge in [-0.05, 0) is 99.0 Å². The van der Waals surface area contributed by atoms with Gasteiger partial charge < -0.3 is 19.7 Å². The Morgan fingerprint density at radius 1 is 1.12 bits per heavy atom. The van der Waals surface area contributed by atoms with Crippen molar-refractivity contribution < 1.29 is 18.7 Å². The zero-order chi connectivity index (χ0) is 23.5. The molecule has 5 rings (SSSR count). The van der Waals surface area contributed by atoms with Crippen LogP contribution in [0.25, 0.3) is 6.08 Å². The molecule has 0 radical (unpaired) electrons. The van der Waals surface area contributed by atoms with Gasteiger partial charge in [0.05, 0.1) is 12.7 Å². The van der Waals surface area contributed by atoms with Gasteiger partial charge in [-0.25, -0.2) is 4.39 Å². The molecule has 1 aliphatic carbocycles. The number of likely N-dealkylation sites (tertiary alicyclic amines) is 1. The van der Waals surface area contributed by atoms with E-state index >= 15 is 0 Å². The molecule has 0 spiro atoms. The number of hydrogen-bond acceptors (Lipinski definition) is 4. The van der Waals surface area contributed by atoms with Crippen LogP contribution in [-0.2, 0) is 4.79 Å². The Balaban J connectivity index is 1.08. The van der Waals surface area contributed by atoms with E-state index in [0.29, 0.717) is 28.7 Å². The molecule has 2 atom stereocenters. The first-order chi connectivity index (χ1) is 16.6. The second kappa shape index (κ2) is 10.2. The quantitative estimate of drug-likeness (QED) is 0.669. The molecule has 1 saturated carbocycles. The van der Waals surface area contributed by atoms with E-state index < -0.39 is 0 Å². The maximum absolute atomic E-state index is 13.5. The highest BCUT2D eigenvalue weighted by atomic mass is 19.1. The van der Waals surface area contributed by atoms with E-state index in [9.17, 15) is 9.18 Å². The van der Waals surface area contributed by atoms with Gasteiger partial charge in [-0.15, -0.1) is 0 Å². The SMILES string of the molecule is COc1ccc(C2CCN(C[C@H]3CC[C@@H](NC(=O)C4=Cc5cc(F)ccc5OC4)C3)CC2)cc1. The first-order valence-corrected chi connectivity index (χ1v) is 12.4. The zero-order valence-electron chi connectivity index (χ0n) is 19.8. The standard InChI is InChI=1S/C28H33FN2O3/c1-33-26-7-3-20(4-8-26)21-10-12-31(13-11-21)17-19-2-6-25(14-19)30-28(32)23-15-22-16-24(29)5-9-27(22)34-18-23/h3-5,7-9,15-16,19,21,25H,2,6,10-14,17-18H2,1H3,(H,30,32)/t19-,25+/m0/s1. The molecule has 2 heterocycles. The van der Waals surface area contributed by atoms with Gasteiger partial charge in [-0.1, -0.05) is 12.1 Å². The molecule has 6 heteroatoms. The van der Waals surface area contributed by atoms with Gasteiger partial charge in [0.15, 0.2) is 0 Å². The Kier molecular flexibility index (Phi) is 6.86. The number of carbonyl (C=O) groups is 1. The fourth-order valence-electron chi connectivity index (χ4n) is 5.62. The van der Waals surface area contributed by atoms with Crippen molar-refractivity contribution in [2.45, 2.75) is 44.1 Å². The van der Waals surface area contributed by atoms with Gasteiger partial charge in [0, 0.05) is 18.2 Å². The lowest BCUT2D eigenvalue weighted by Crippen LogP contribution is -2.38. The predicted octanol–water partition coefficient (Wildman–Crippen LogP) is 4.77. The van der Waals surface area contributed by atoms with Gasteiger partial charge in [-0.3, -0.25) is 4.79 Å². The molecule has 2 aliphatic heterocycles. The Bertz CT molecular complexity index is 1040. The summed E-state index contributed by atoms with van der Waals surface area (Å²) < 4.78 is 24.4. The van der Waals surface area contributed by atoms with E-state index in [1.165, 1.54) is 30.5 Å². The van der Waals surface area contributed by atoms with Gasteiger partial charge in [-0.2, -0.15) is 0 Å². The molecule has 0 aromatic heterocycles. The van der Waals surface area contributed by atoms with E-state index in [-0.39, 0.29) is 24.4 Å². The number of benzene rings is 2. The van der Waals surface area contributed by atoms with Crippen molar-refractivity contribution in [3.63, 3.8) is 0 Å². The van der Waals surface area contributed by atoms with Crippen molar-refractivity contribution >= 4 is 12.0 Å². The number of carbonyl (C=O) groups excluding carboxylic acids is 1. The summed E-state index contributed by atoms with van der Waals surface area (Å²) in [6.45, 7) is 3.60. The molecule has 1 amide bonds.